The number of carbonyl (C=O) groups is 1. The molecule has 1 saturated heterocycles. The number of para-hydroxylation sites is 2. The Labute approximate surface area is 152 Å². The predicted molar refractivity (Wildman–Crippen MR) is 94.8 cm³/mol. The summed E-state index contributed by atoms with van der Waals surface area (Å²) in [6.45, 7) is 1.58. The van der Waals surface area contributed by atoms with E-state index < -0.39 is 0 Å². The number of carbonyl (C=O) groups excluding carboxylic acids is 1. The summed E-state index contributed by atoms with van der Waals surface area (Å²) in [5, 5.41) is 9.68. The first-order valence-electron chi connectivity index (χ1n) is 8.69. The Morgan fingerprint density at radius 3 is 2.85 bits per heavy atom. The van der Waals surface area contributed by atoms with Crippen molar-refractivity contribution >= 4 is 5.91 Å². The molecule has 1 aliphatic heterocycles. The van der Waals surface area contributed by atoms with Crippen LogP contribution in [0, 0.1) is 11.7 Å². The second-order valence-electron chi connectivity index (χ2n) is 6.37. The molecule has 2 aromatic rings. The first-order chi connectivity index (χ1) is 12.6. The third-order valence-corrected chi connectivity index (χ3v) is 4.37. The number of aromatic hydroxyl groups is 1. The van der Waals surface area contributed by atoms with Crippen LogP contribution in [-0.2, 0) is 4.79 Å². The van der Waals surface area contributed by atoms with E-state index in [1.807, 2.05) is 0 Å². The molecular formula is C20H22FNO4. The van der Waals surface area contributed by atoms with Crippen LogP contribution in [0.3, 0.4) is 0 Å². The maximum atomic E-state index is 13.2. The van der Waals surface area contributed by atoms with Gasteiger partial charge >= 0.3 is 0 Å². The van der Waals surface area contributed by atoms with E-state index in [0.29, 0.717) is 31.2 Å². The van der Waals surface area contributed by atoms with Crippen LogP contribution in [0.1, 0.15) is 12.8 Å². The van der Waals surface area contributed by atoms with Gasteiger partial charge in [0.05, 0.1) is 6.61 Å². The van der Waals surface area contributed by atoms with Gasteiger partial charge in [-0.2, -0.15) is 0 Å². The zero-order chi connectivity index (χ0) is 18.4. The molecule has 0 spiro atoms. The molecule has 0 saturated carbocycles. The number of piperidine rings is 1. The normalized spacial score (nSPS) is 17.0. The molecule has 5 nitrogen and oxygen atoms in total. The summed E-state index contributed by atoms with van der Waals surface area (Å²) in [5.74, 6) is 0.551. The number of benzene rings is 2. The molecule has 1 amide bonds. The number of ether oxygens (including phenoxy) is 2. The summed E-state index contributed by atoms with van der Waals surface area (Å²) in [6.07, 6.45) is 1.85. The number of nitrogens with zero attached hydrogens (tertiary/aromatic N) is 1. The highest BCUT2D eigenvalue weighted by Gasteiger charge is 2.24. The zero-order valence-electron chi connectivity index (χ0n) is 14.4. The summed E-state index contributed by atoms with van der Waals surface area (Å²) < 4.78 is 24.3. The fourth-order valence-corrected chi connectivity index (χ4v) is 3.01. The Balaban J connectivity index is 1.48. The molecule has 138 valence electrons. The van der Waals surface area contributed by atoms with Crippen molar-refractivity contribution in [2.45, 2.75) is 12.8 Å². The third kappa shape index (κ3) is 4.88. The molecule has 1 N–H and O–H groups in total. The Bertz CT molecular complexity index is 752. The number of rotatable bonds is 6. The number of amides is 1. The van der Waals surface area contributed by atoms with E-state index in [4.69, 9.17) is 9.47 Å². The van der Waals surface area contributed by atoms with Crippen molar-refractivity contribution in [3.05, 3.63) is 54.3 Å². The lowest BCUT2D eigenvalue weighted by molar-refractivity contribution is -0.135. The van der Waals surface area contributed by atoms with Gasteiger partial charge in [-0.05, 0) is 37.1 Å². The van der Waals surface area contributed by atoms with Crippen LogP contribution in [0.25, 0.3) is 0 Å². The topological polar surface area (TPSA) is 59.0 Å². The van der Waals surface area contributed by atoms with Crippen molar-refractivity contribution < 1.29 is 23.8 Å². The van der Waals surface area contributed by atoms with E-state index in [1.54, 1.807) is 35.2 Å². The maximum absolute atomic E-state index is 13.2. The van der Waals surface area contributed by atoms with Crippen molar-refractivity contribution in [3.63, 3.8) is 0 Å². The summed E-state index contributed by atoms with van der Waals surface area (Å²) in [4.78, 5) is 14.1. The van der Waals surface area contributed by atoms with Gasteiger partial charge in [0, 0.05) is 25.1 Å². The lowest BCUT2D eigenvalue weighted by atomic mass is 9.99. The number of likely N-dealkylation sites (tertiary alicyclic amines) is 1. The highest BCUT2D eigenvalue weighted by atomic mass is 19.1. The van der Waals surface area contributed by atoms with Crippen LogP contribution in [0.2, 0.25) is 0 Å². The average Bonchev–Trinajstić information content (AvgIpc) is 2.66. The summed E-state index contributed by atoms with van der Waals surface area (Å²) in [6, 6.07) is 12.6. The van der Waals surface area contributed by atoms with Crippen LogP contribution in [0.5, 0.6) is 17.2 Å². The quantitative estimate of drug-likeness (QED) is 0.860. The number of phenols is 1. The van der Waals surface area contributed by atoms with Crippen LogP contribution in [0.4, 0.5) is 4.39 Å². The minimum atomic E-state index is -0.329. The van der Waals surface area contributed by atoms with E-state index >= 15 is 0 Å². The lowest BCUT2D eigenvalue weighted by Crippen LogP contribution is -2.43. The van der Waals surface area contributed by atoms with Crippen LogP contribution in [-0.4, -0.2) is 42.2 Å². The second kappa shape index (κ2) is 8.56. The molecule has 0 aromatic heterocycles. The van der Waals surface area contributed by atoms with E-state index in [2.05, 4.69) is 0 Å². The van der Waals surface area contributed by atoms with E-state index in [9.17, 15) is 14.3 Å². The monoisotopic (exact) mass is 359 g/mol. The van der Waals surface area contributed by atoms with Crippen LogP contribution >= 0.6 is 0 Å². The highest BCUT2D eigenvalue weighted by molar-refractivity contribution is 5.78. The van der Waals surface area contributed by atoms with Crippen molar-refractivity contribution in [2.75, 3.05) is 26.3 Å². The predicted octanol–water partition coefficient (Wildman–Crippen LogP) is 3.23. The largest absolute Gasteiger partial charge is 0.504 e. The van der Waals surface area contributed by atoms with Gasteiger partial charge in [0.25, 0.3) is 5.91 Å². The molecule has 2 aromatic carbocycles. The Kier molecular flexibility index (Phi) is 5.94. The Morgan fingerprint density at radius 2 is 2.04 bits per heavy atom. The summed E-state index contributed by atoms with van der Waals surface area (Å²) >= 11 is 0. The van der Waals surface area contributed by atoms with Gasteiger partial charge in [-0.25, -0.2) is 4.39 Å². The number of halogens is 1. The van der Waals surface area contributed by atoms with Crippen molar-refractivity contribution in [2.24, 2.45) is 5.92 Å². The van der Waals surface area contributed by atoms with Crippen molar-refractivity contribution in [3.8, 4) is 17.2 Å². The summed E-state index contributed by atoms with van der Waals surface area (Å²) in [7, 11) is 0. The standard InChI is InChI=1S/C20H22FNO4/c21-16-6-3-7-17(11-16)25-13-15-5-4-10-22(12-15)20(24)14-26-19-9-2-1-8-18(19)23/h1-3,6-9,11,15,23H,4-5,10,12-14H2/t15-/m1/s1. The molecule has 1 atom stereocenters. The van der Waals surface area contributed by atoms with E-state index in [1.165, 1.54) is 18.2 Å². The number of hydrogen-bond donors (Lipinski definition) is 1. The van der Waals surface area contributed by atoms with E-state index in [-0.39, 0.29) is 30.0 Å². The second-order valence-corrected chi connectivity index (χ2v) is 6.37. The molecule has 1 heterocycles. The molecule has 0 unspecified atom stereocenters. The molecule has 26 heavy (non-hydrogen) atoms. The summed E-state index contributed by atoms with van der Waals surface area (Å²) in [5.41, 5.74) is 0. The molecular weight excluding hydrogens is 337 g/mol. The minimum absolute atomic E-state index is 0.0142. The molecule has 1 fully saturated rings. The van der Waals surface area contributed by atoms with Crippen molar-refractivity contribution in [1.29, 1.82) is 0 Å². The van der Waals surface area contributed by atoms with Crippen LogP contribution in [0.15, 0.2) is 48.5 Å². The zero-order valence-corrected chi connectivity index (χ0v) is 14.4. The van der Waals surface area contributed by atoms with Gasteiger partial charge in [-0.15, -0.1) is 0 Å². The SMILES string of the molecule is O=C(COc1ccccc1O)N1CCC[C@@H](COc2cccc(F)c2)C1. The molecule has 0 radical (unpaired) electrons. The molecule has 6 heteroatoms. The highest BCUT2D eigenvalue weighted by Crippen LogP contribution is 2.25. The molecule has 0 aliphatic carbocycles. The fraction of sp³-hybridized carbons (Fsp3) is 0.350. The van der Waals surface area contributed by atoms with Gasteiger partial charge in [0.15, 0.2) is 18.1 Å². The van der Waals surface area contributed by atoms with Gasteiger partial charge < -0.3 is 19.5 Å². The van der Waals surface area contributed by atoms with Gasteiger partial charge in [0.1, 0.15) is 11.6 Å². The fourth-order valence-electron chi connectivity index (χ4n) is 3.01. The van der Waals surface area contributed by atoms with Crippen LogP contribution < -0.4 is 9.47 Å². The van der Waals surface area contributed by atoms with Gasteiger partial charge in [0.2, 0.25) is 0 Å². The smallest absolute Gasteiger partial charge is 0.260 e. The first-order valence-corrected chi connectivity index (χ1v) is 8.69. The molecule has 1 aliphatic rings. The molecule has 3 rings (SSSR count). The van der Waals surface area contributed by atoms with E-state index in [0.717, 1.165) is 12.8 Å². The van der Waals surface area contributed by atoms with Gasteiger partial charge in [-0.1, -0.05) is 18.2 Å². The third-order valence-electron chi connectivity index (χ3n) is 4.37. The first kappa shape index (κ1) is 18.0. The molecule has 0 bridgehead atoms. The lowest BCUT2D eigenvalue weighted by Gasteiger charge is -2.32. The van der Waals surface area contributed by atoms with Crippen molar-refractivity contribution in [1.82, 2.24) is 4.90 Å². The number of phenolic OH excluding ortho intramolecular Hbond substituents is 1. The number of hydrogen-bond acceptors (Lipinski definition) is 4. The Morgan fingerprint density at radius 1 is 1.19 bits per heavy atom. The average molecular weight is 359 g/mol. The maximum Gasteiger partial charge on any atom is 0.260 e. The van der Waals surface area contributed by atoms with Gasteiger partial charge in [-0.3, -0.25) is 4.79 Å². The Hall–Kier alpha value is -2.76. The minimum Gasteiger partial charge on any atom is -0.504 e.